The van der Waals surface area contributed by atoms with E-state index in [0.717, 1.165) is 37.8 Å². The number of likely N-dealkylation sites (tertiary alicyclic amines) is 1. The number of carbonyl (C=O) groups excluding carboxylic acids is 2. The number of carbonyl (C=O) groups is 2. The number of benzene rings is 1. The second kappa shape index (κ2) is 8.12. The van der Waals surface area contributed by atoms with Crippen LogP contribution in [0.2, 0.25) is 0 Å². The maximum atomic E-state index is 13.4. The van der Waals surface area contributed by atoms with Gasteiger partial charge in [-0.1, -0.05) is 6.92 Å². The van der Waals surface area contributed by atoms with Crippen LogP contribution in [-0.4, -0.2) is 49.4 Å². The fourth-order valence-electron chi connectivity index (χ4n) is 3.74. The van der Waals surface area contributed by atoms with E-state index in [4.69, 9.17) is 0 Å². The Labute approximate surface area is 152 Å². The van der Waals surface area contributed by atoms with Crippen molar-refractivity contribution >= 4 is 17.5 Å². The molecule has 0 radical (unpaired) electrons. The minimum Gasteiger partial charge on any atom is -0.355 e. The van der Waals surface area contributed by atoms with Crippen molar-refractivity contribution in [3.63, 3.8) is 0 Å². The molecule has 1 N–H and O–H groups in total. The fraction of sp³-hybridized carbons (Fsp3) is 0.579. The predicted octanol–water partition coefficient (Wildman–Crippen LogP) is 2.17. The molecular formula is C19H25F2N3O2. The van der Waals surface area contributed by atoms with Crippen LogP contribution in [0.5, 0.6) is 0 Å². The third-order valence-corrected chi connectivity index (χ3v) is 5.07. The number of nitrogens with zero attached hydrogens (tertiary/aromatic N) is 2. The van der Waals surface area contributed by atoms with Gasteiger partial charge in [0.1, 0.15) is 17.6 Å². The van der Waals surface area contributed by atoms with Gasteiger partial charge in [0.15, 0.2) is 0 Å². The molecule has 1 aromatic rings. The number of hydrogen-bond donors (Lipinski definition) is 1. The van der Waals surface area contributed by atoms with Gasteiger partial charge in [-0.15, -0.1) is 0 Å². The van der Waals surface area contributed by atoms with Crippen LogP contribution in [0.1, 0.15) is 26.2 Å². The summed E-state index contributed by atoms with van der Waals surface area (Å²) in [4.78, 5) is 28.6. The lowest BCUT2D eigenvalue weighted by molar-refractivity contribution is -0.132. The zero-order valence-electron chi connectivity index (χ0n) is 15.0. The Kier molecular flexibility index (Phi) is 5.86. The van der Waals surface area contributed by atoms with Gasteiger partial charge in [0.05, 0.1) is 0 Å². The quantitative estimate of drug-likeness (QED) is 0.786. The number of anilines is 1. The molecule has 142 valence electrons. The fourth-order valence-corrected chi connectivity index (χ4v) is 3.74. The lowest BCUT2D eigenvalue weighted by Crippen LogP contribution is -2.40. The Bertz CT molecular complexity index is 656. The summed E-state index contributed by atoms with van der Waals surface area (Å²) in [6.07, 6.45) is 2.81. The molecular weight excluding hydrogens is 340 g/mol. The van der Waals surface area contributed by atoms with Crippen LogP contribution in [0.3, 0.4) is 0 Å². The molecule has 2 amide bonds. The Morgan fingerprint density at radius 3 is 2.50 bits per heavy atom. The first-order chi connectivity index (χ1) is 12.4. The summed E-state index contributed by atoms with van der Waals surface area (Å²) in [7, 11) is 0. The maximum absolute atomic E-state index is 13.4. The summed E-state index contributed by atoms with van der Waals surface area (Å²) in [5.74, 6) is -2.67. The van der Waals surface area contributed by atoms with Gasteiger partial charge < -0.3 is 15.1 Å². The molecule has 0 aliphatic carbocycles. The van der Waals surface area contributed by atoms with Gasteiger partial charge >= 0.3 is 0 Å². The second-order valence-corrected chi connectivity index (χ2v) is 7.32. The predicted molar refractivity (Wildman–Crippen MR) is 94.7 cm³/mol. The largest absolute Gasteiger partial charge is 0.355 e. The molecule has 2 saturated heterocycles. The van der Waals surface area contributed by atoms with E-state index in [1.807, 2.05) is 0 Å². The highest BCUT2D eigenvalue weighted by molar-refractivity contribution is 6.09. The smallest absolute Gasteiger partial charge is 0.239 e. The second-order valence-electron chi connectivity index (χ2n) is 7.32. The van der Waals surface area contributed by atoms with E-state index in [0.29, 0.717) is 18.9 Å². The molecule has 2 aliphatic rings. The molecule has 2 atom stereocenters. The average Bonchev–Trinajstić information content (AvgIpc) is 3.21. The van der Waals surface area contributed by atoms with Gasteiger partial charge in [-0.25, -0.2) is 8.78 Å². The topological polar surface area (TPSA) is 52.7 Å². The molecule has 0 bridgehead atoms. The molecule has 7 heteroatoms. The van der Waals surface area contributed by atoms with Gasteiger partial charge in [0.25, 0.3) is 0 Å². The van der Waals surface area contributed by atoms with Crippen LogP contribution in [-0.2, 0) is 9.59 Å². The summed E-state index contributed by atoms with van der Waals surface area (Å²) < 4.78 is 26.8. The van der Waals surface area contributed by atoms with Crippen molar-refractivity contribution in [2.24, 2.45) is 11.8 Å². The van der Waals surface area contributed by atoms with Crippen molar-refractivity contribution in [3.05, 3.63) is 29.8 Å². The molecule has 0 spiro atoms. The molecule has 3 rings (SSSR count). The van der Waals surface area contributed by atoms with E-state index in [9.17, 15) is 18.4 Å². The molecule has 2 aliphatic heterocycles. The standard InChI is InChI=1S/C19H25F2N3O2/c1-13(12-23-5-2-3-6-23)11-22-18(25)17-4-7-24(19(17)26)16-9-14(20)8-15(21)10-16/h8-10,13,17H,2-7,11-12H2,1H3,(H,22,25). The van der Waals surface area contributed by atoms with Crippen molar-refractivity contribution < 1.29 is 18.4 Å². The zero-order chi connectivity index (χ0) is 18.7. The first kappa shape index (κ1) is 18.8. The van der Waals surface area contributed by atoms with Gasteiger partial charge in [0, 0.05) is 31.4 Å². The zero-order valence-corrected chi connectivity index (χ0v) is 15.0. The van der Waals surface area contributed by atoms with Crippen molar-refractivity contribution in [1.29, 1.82) is 0 Å². The third-order valence-electron chi connectivity index (χ3n) is 5.07. The summed E-state index contributed by atoms with van der Waals surface area (Å²) in [5, 5.41) is 2.86. The molecule has 2 heterocycles. The van der Waals surface area contributed by atoms with Crippen LogP contribution in [0.15, 0.2) is 18.2 Å². The normalized spacial score (nSPS) is 22.0. The lowest BCUT2D eigenvalue weighted by atomic mass is 10.1. The SMILES string of the molecule is CC(CNC(=O)C1CCN(c2cc(F)cc(F)c2)C1=O)CN1CCCC1. The number of rotatable bonds is 6. The van der Waals surface area contributed by atoms with Crippen LogP contribution in [0, 0.1) is 23.5 Å². The highest BCUT2D eigenvalue weighted by Crippen LogP contribution is 2.27. The molecule has 1 aromatic carbocycles. The van der Waals surface area contributed by atoms with E-state index in [2.05, 4.69) is 17.1 Å². The van der Waals surface area contributed by atoms with Crippen molar-refractivity contribution in [2.75, 3.05) is 37.6 Å². The Morgan fingerprint density at radius 1 is 1.19 bits per heavy atom. The number of nitrogens with one attached hydrogen (secondary N) is 1. The summed E-state index contributed by atoms with van der Waals surface area (Å²) >= 11 is 0. The molecule has 0 aromatic heterocycles. The van der Waals surface area contributed by atoms with Crippen molar-refractivity contribution in [1.82, 2.24) is 10.2 Å². The summed E-state index contributed by atoms with van der Waals surface area (Å²) in [5.41, 5.74) is 0.158. The lowest BCUT2D eigenvalue weighted by Gasteiger charge is -2.21. The van der Waals surface area contributed by atoms with Crippen molar-refractivity contribution in [3.8, 4) is 0 Å². The minimum atomic E-state index is -0.791. The third kappa shape index (κ3) is 4.38. The number of hydrogen-bond acceptors (Lipinski definition) is 3. The molecule has 2 fully saturated rings. The van der Waals surface area contributed by atoms with Crippen LogP contribution in [0.25, 0.3) is 0 Å². The number of halogens is 2. The molecule has 2 unspecified atom stereocenters. The number of amides is 2. The van der Waals surface area contributed by atoms with E-state index in [1.165, 1.54) is 17.7 Å². The first-order valence-electron chi connectivity index (χ1n) is 9.21. The van der Waals surface area contributed by atoms with E-state index >= 15 is 0 Å². The Balaban J connectivity index is 1.53. The van der Waals surface area contributed by atoms with Crippen molar-refractivity contribution in [2.45, 2.75) is 26.2 Å². The highest BCUT2D eigenvalue weighted by Gasteiger charge is 2.37. The average molecular weight is 365 g/mol. The highest BCUT2D eigenvalue weighted by atomic mass is 19.1. The van der Waals surface area contributed by atoms with Gasteiger partial charge in [0.2, 0.25) is 11.8 Å². The van der Waals surface area contributed by atoms with Gasteiger partial charge in [-0.2, -0.15) is 0 Å². The maximum Gasteiger partial charge on any atom is 0.239 e. The molecule has 26 heavy (non-hydrogen) atoms. The first-order valence-corrected chi connectivity index (χ1v) is 9.21. The van der Waals surface area contributed by atoms with E-state index in [-0.39, 0.29) is 18.1 Å². The minimum absolute atomic E-state index is 0.158. The van der Waals surface area contributed by atoms with Crippen LogP contribution in [0.4, 0.5) is 14.5 Å². The van der Waals surface area contributed by atoms with E-state index < -0.39 is 23.5 Å². The Morgan fingerprint density at radius 2 is 1.85 bits per heavy atom. The summed E-state index contributed by atoms with van der Waals surface area (Å²) in [6, 6.07) is 2.98. The van der Waals surface area contributed by atoms with Gasteiger partial charge in [-0.05, 0) is 50.4 Å². The van der Waals surface area contributed by atoms with Crippen LogP contribution >= 0.6 is 0 Å². The van der Waals surface area contributed by atoms with E-state index in [1.54, 1.807) is 0 Å². The summed E-state index contributed by atoms with van der Waals surface area (Å²) in [6.45, 7) is 6.04. The molecule has 0 saturated carbocycles. The monoisotopic (exact) mass is 365 g/mol. The molecule has 5 nitrogen and oxygen atoms in total. The Hall–Kier alpha value is -2.02. The van der Waals surface area contributed by atoms with Crippen LogP contribution < -0.4 is 10.2 Å². The van der Waals surface area contributed by atoms with Gasteiger partial charge in [-0.3, -0.25) is 9.59 Å².